The lowest BCUT2D eigenvalue weighted by Gasteiger charge is -2.13. The predicted octanol–water partition coefficient (Wildman–Crippen LogP) is 3.92. The number of hydrogen-bond acceptors (Lipinski definition) is 4. The van der Waals surface area contributed by atoms with E-state index in [2.05, 4.69) is 45.7 Å². The first-order chi connectivity index (χ1) is 14.1. The molecule has 29 heavy (non-hydrogen) atoms. The molecule has 0 fully saturated rings. The highest BCUT2D eigenvalue weighted by molar-refractivity contribution is 5.86. The lowest BCUT2D eigenvalue weighted by molar-refractivity contribution is 0.772. The van der Waals surface area contributed by atoms with Crippen LogP contribution in [-0.4, -0.2) is 24.1 Å². The van der Waals surface area contributed by atoms with E-state index in [-0.39, 0.29) is 0 Å². The summed E-state index contributed by atoms with van der Waals surface area (Å²) in [5.41, 5.74) is 6.54. The molecular formula is C23H24N6. The van der Waals surface area contributed by atoms with Crippen LogP contribution in [-0.2, 0) is 33.4 Å². The molecule has 4 rings (SSSR count). The Morgan fingerprint density at radius 3 is 2.59 bits per heavy atom. The number of nitriles is 1. The number of pyridine rings is 1. The van der Waals surface area contributed by atoms with Crippen molar-refractivity contribution in [2.75, 3.05) is 0 Å². The highest BCUT2D eigenvalue weighted by atomic mass is 15.0. The van der Waals surface area contributed by atoms with Crippen molar-refractivity contribution >= 4 is 10.9 Å². The van der Waals surface area contributed by atoms with Gasteiger partial charge in [0.2, 0.25) is 0 Å². The Balaban J connectivity index is 1.82. The highest BCUT2D eigenvalue weighted by Crippen LogP contribution is 2.28. The van der Waals surface area contributed by atoms with E-state index < -0.39 is 0 Å². The van der Waals surface area contributed by atoms with Crippen LogP contribution < -0.4 is 0 Å². The van der Waals surface area contributed by atoms with Gasteiger partial charge in [-0.25, -0.2) is 15.0 Å². The molecular weight excluding hydrogens is 360 g/mol. The number of hydrogen-bond donors (Lipinski definition) is 0. The second kappa shape index (κ2) is 7.88. The van der Waals surface area contributed by atoms with Gasteiger partial charge in [0.1, 0.15) is 5.82 Å². The average Bonchev–Trinajstić information content (AvgIpc) is 3.32. The Labute approximate surface area is 170 Å². The maximum Gasteiger partial charge on any atom is 0.108 e. The molecule has 0 atom stereocenters. The molecule has 0 aliphatic rings. The Bertz CT molecular complexity index is 1210. The molecule has 3 heterocycles. The van der Waals surface area contributed by atoms with Crippen molar-refractivity contribution in [3.63, 3.8) is 0 Å². The van der Waals surface area contributed by atoms with Gasteiger partial charge in [-0.2, -0.15) is 5.26 Å². The molecule has 1 aromatic carbocycles. The Morgan fingerprint density at radius 1 is 1.03 bits per heavy atom. The zero-order chi connectivity index (χ0) is 20.4. The van der Waals surface area contributed by atoms with Crippen LogP contribution >= 0.6 is 0 Å². The van der Waals surface area contributed by atoms with Crippen molar-refractivity contribution < 1.29 is 0 Å². The van der Waals surface area contributed by atoms with Crippen LogP contribution in [0.2, 0.25) is 0 Å². The summed E-state index contributed by atoms with van der Waals surface area (Å²) in [5, 5.41) is 10.1. The lowest BCUT2D eigenvalue weighted by Crippen LogP contribution is -2.03. The third-order valence-electron chi connectivity index (χ3n) is 5.48. The van der Waals surface area contributed by atoms with E-state index in [4.69, 9.17) is 10.2 Å². The number of rotatable bonds is 6. The van der Waals surface area contributed by atoms with Gasteiger partial charge >= 0.3 is 0 Å². The summed E-state index contributed by atoms with van der Waals surface area (Å²) in [5.74, 6) is 1.06. The third-order valence-corrected chi connectivity index (χ3v) is 5.48. The lowest BCUT2D eigenvalue weighted by atomic mass is 9.96. The third kappa shape index (κ3) is 3.77. The molecule has 0 amide bonds. The normalized spacial score (nSPS) is 11.1. The fraction of sp³-hybridized carbons (Fsp3) is 0.304. The number of imidazole rings is 2. The van der Waals surface area contributed by atoms with Crippen molar-refractivity contribution in [1.82, 2.24) is 24.1 Å². The van der Waals surface area contributed by atoms with Crippen LogP contribution in [0, 0.1) is 18.3 Å². The van der Waals surface area contributed by atoms with Gasteiger partial charge < -0.3 is 9.13 Å². The van der Waals surface area contributed by atoms with Crippen LogP contribution in [0.15, 0.2) is 43.1 Å². The van der Waals surface area contributed by atoms with Gasteiger partial charge in [0.25, 0.3) is 0 Å². The second-order valence-corrected chi connectivity index (χ2v) is 7.46. The number of benzene rings is 1. The maximum absolute atomic E-state index is 8.99. The van der Waals surface area contributed by atoms with E-state index in [1.807, 2.05) is 37.3 Å². The Morgan fingerprint density at radius 2 is 1.90 bits per heavy atom. The SMILES string of the molecule is Cc1cc2nc(-c3cncn3C)cc(CCc3nccn3C)c2cc1CCC#N. The molecule has 3 aromatic heterocycles. The second-order valence-electron chi connectivity index (χ2n) is 7.46. The van der Waals surface area contributed by atoms with E-state index in [0.29, 0.717) is 6.42 Å². The summed E-state index contributed by atoms with van der Waals surface area (Å²) in [4.78, 5) is 13.7. The maximum atomic E-state index is 8.99. The van der Waals surface area contributed by atoms with Crippen molar-refractivity contribution in [3.8, 4) is 17.5 Å². The van der Waals surface area contributed by atoms with E-state index in [1.54, 1.807) is 6.33 Å². The van der Waals surface area contributed by atoms with Crippen LogP contribution in [0.25, 0.3) is 22.3 Å². The Kier molecular flexibility index (Phi) is 5.13. The fourth-order valence-electron chi connectivity index (χ4n) is 3.78. The summed E-state index contributed by atoms with van der Waals surface area (Å²) in [6.07, 6.45) is 10.5. The molecule has 4 aromatic rings. The summed E-state index contributed by atoms with van der Waals surface area (Å²) >= 11 is 0. The van der Waals surface area contributed by atoms with Crippen LogP contribution in [0.3, 0.4) is 0 Å². The van der Waals surface area contributed by atoms with Gasteiger partial charge in [-0.3, -0.25) is 0 Å². The highest BCUT2D eigenvalue weighted by Gasteiger charge is 2.13. The largest absolute Gasteiger partial charge is 0.338 e. The standard InChI is InChI=1S/C23H24N6/c1-16-11-20-19(12-17(16)5-4-8-24)18(6-7-23-26-9-10-28(23)2)13-21(27-20)22-14-25-15-29(22)3/h9-15H,4-7H2,1-3H3. The number of fused-ring (bicyclic) bond motifs is 1. The van der Waals surface area contributed by atoms with E-state index in [1.165, 1.54) is 16.7 Å². The minimum Gasteiger partial charge on any atom is -0.338 e. The van der Waals surface area contributed by atoms with Gasteiger partial charge in [-0.05, 0) is 54.7 Å². The smallest absolute Gasteiger partial charge is 0.108 e. The zero-order valence-corrected chi connectivity index (χ0v) is 17.1. The molecule has 0 N–H and O–H groups in total. The predicted molar refractivity (Wildman–Crippen MR) is 113 cm³/mol. The van der Waals surface area contributed by atoms with Gasteiger partial charge in [-0.1, -0.05) is 0 Å². The summed E-state index contributed by atoms with van der Waals surface area (Å²) < 4.78 is 4.05. The molecule has 0 bridgehead atoms. The van der Waals surface area contributed by atoms with Crippen LogP contribution in [0.5, 0.6) is 0 Å². The molecule has 0 radical (unpaired) electrons. The monoisotopic (exact) mass is 384 g/mol. The molecule has 0 spiro atoms. The number of aromatic nitrogens is 5. The van der Waals surface area contributed by atoms with E-state index in [9.17, 15) is 0 Å². The van der Waals surface area contributed by atoms with Crippen molar-refractivity contribution in [1.29, 1.82) is 5.26 Å². The van der Waals surface area contributed by atoms with Gasteiger partial charge in [0, 0.05) is 44.7 Å². The Hall–Kier alpha value is -3.46. The number of nitrogens with zero attached hydrogens (tertiary/aromatic N) is 6. The molecule has 6 nitrogen and oxygen atoms in total. The first-order valence-corrected chi connectivity index (χ1v) is 9.80. The molecule has 0 aliphatic carbocycles. The first kappa shape index (κ1) is 18.9. The van der Waals surface area contributed by atoms with Crippen molar-refractivity contribution in [3.05, 3.63) is 65.6 Å². The quantitative estimate of drug-likeness (QED) is 0.505. The summed E-state index contributed by atoms with van der Waals surface area (Å²) in [6, 6.07) is 8.79. The molecule has 0 unspecified atom stereocenters. The molecule has 0 aliphatic heterocycles. The van der Waals surface area contributed by atoms with Gasteiger partial charge in [0.05, 0.1) is 35.5 Å². The fourth-order valence-corrected chi connectivity index (χ4v) is 3.78. The van der Waals surface area contributed by atoms with Crippen molar-refractivity contribution in [2.24, 2.45) is 14.1 Å². The molecule has 146 valence electrons. The van der Waals surface area contributed by atoms with Crippen molar-refractivity contribution in [2.45, 2.75) is 32.6 Å². The minimum absolute atomic E-state index is 0.523. The summed E-state index contributed by atoms with van der Waals surface area (Å²) in [7, 11) is 4.01. The number of aryl methyl sites for hydroxylation is 6. The topological polar surface area (TPSA) is 72.3 Å². The van der Waals surface area contributed by atoms with Gasteiger partial charge in [0.15, 0.2) is 0 Å². The zero-order valence-electron chi connectivity index (χ0n) is 17.1. The first-order valence-electron chi connectivity index (χ1n) is 9.80. The molecule has 0 saturated heterocycles. The molecule has 6 heteroatoms. The van der Waals surface area contributed by atoms with Crippen LogP contribution in [0.1, 0.15) is 28.9 Å². The van der Waals surface area contributed by atoms with E-state index >= 15 is 0 Å². The average molecular weight is 384 g/mol. The minimum atomic E-state index is 0.523. The van der Waals surface area contributed by atoms with E-state index in [0.717, 1.165) is 47.4 Å². The summed E-state index contributed by atoms with van der Waals surface area (Å²) in [6.45, 7) is 2.10. The molecule has 0 saturated carbocycles. The van der Waals surface area contributed by atoms with Crippen LogP contribution in [0.4, 0.5) is 0 Å². The van der Waals surface area contributed by atoms with Gasteiger partial charge in [-0.15, -0.1) is 0 Å².